The summed E-state index contributed by atoms with van der Waals surface area (Å²) in [6, 6.07) is 18.4. The maximum Gasteiger partial charge on any atom is 0.362 e. The van der Waals surface area contributed by atoms with Crippen LogP contribution in [0.4, 0.5) is 5.69 Å². The van der Waals surface area contributed by atoms with Crippen LogP contribution < -0.4 is 14.8 Å². The monoisotopic (exact) mass is 710 g/mol. The van der Waals surface area contributed by atoms with Crippen LogP contribution in [0.1, 0.15) is 88.6 Å². The first-order chi connectivity index (χ1) is 22.6. The quantitative estimate of drug-likeness (QED) is 0.101. The molecule has 49 heavy (non-hydrogen) atoms. The summed E-state index contributed by atoms with van der Waals surface area (Å²) in [4.78, 5) is 7.30. The molecule has 0 aliphatic rings. The second kappa shape index (κ2) is 15.3. The lowest BCUT2D eigenvalue weighted by Gasteiger charge is -2.32. The molecule has 4 rings (SSSR count). The van der Waals surface area contributed by atoms with E-state index in [1.165, 1.54) is 0 Å². The van der Waals surface area contributed by atoms with Crippen molar-refractivity contribution >= 4 is 40.1 Å². The molecule has 4 aromatic rings. The fraction of sp³-hybridized carbons (Fsp3) is 0.538. The Morgan fingerprint density at radius 3 is 1.73 bits per heavy atom. The second-order valence-electron chi connectivity index (χ2n) is 16.4. The van der Waals surface area contributed by atoms with E-state index >= 15 is 0 Å². The lowest BCUT2D eigenvalue weighted by atomic mass is 10.2. The third-order valence-corrected chi connectivity index (χ3v) is 10.6. The number of hydrogen-bond acceptors (Lipinski definition) is 8. The average Bonchev–Trinajstić information content (AvgIpc) is 3.37. The lowest BCUT2D eigenvalue weighted by Crippen LogP contribution is -2.35. The standard InChI is InChI=1S/C39H57N3O5PS/c1-36(2,3)44-25-23-42(24-26-45-37(4,5)6)31-15-18-33-34(27-31)49-35(40-33)30-19-21-41(22-20-30)28-29-13-16-32(17-14-29)48(43,46-38(7,8)9)47-39(10,11)12/h13-22,27H,23-26,28H2,1-12H3/q+1. The summed E-state index contributed by atoms with van der Waals surface area (Å²) in [6.45, 7) is 27.3. The number of rotatable bonds is 13. The number of pyridine rings is 1. The van der Waals surface area contributed by atoms with E-state index in [1.807, 2.05) is 65.8 Å². The number of thiazole rings is 1. The normalized spacial score (nSPS) is 13.3. The van der Waals surface area contributed by atoms with Gasteiger partial charge in [0.05, 0.1) is 51.1 Å². The molecular weight excluding hydrogens is 653 g/mol. The van der Waals surface area contributed by atoms with Crippen molar-refractivity contribution in [1.82, 2.24) is 4.98 Å². The Morgan fingerprint density at radius 1 is 0.714 bits per heavy atom. The molecule has 2 heterocycles. The van der Waals surface area contributed by atoms with Crippen LogP contribution in [0, 0.1) is 0 Å². The molecule has 0 fully saturated rings. The van der Waals surface area contributed by atoms with Crippen molar-refractivity contribution in [1.29, 1.82) is 0 Å². The minimum Gasteiger partial charge on any atom is -0.374 e. The van der Waals surface area contributed by atoms with Crippen molar-refractivity contribution in [2.75, 3.05) is 31.2 Å². The number of fused-ring (bicyclic) bond motifs is 1. The molecule has 0 aliphatic carbocycles. The number of anilines is 1. The van der Waals surface area contributed by atoms with Gasteiger partial charge < -0.3 is 14.4 Å². The van der Waals surface area contributed by atoms with Crippen molar-refractivity contribution in [3.63, 3.8) is 0 Å². The van der Waals surface area contributed by atoms with Gasteiger partial charge in [-0.05, 0) is 113 Å². The summed E-state index contributed by atoms with van der Waals surface area (Å²) in [5, 5.41) is 1.54. The number of hydrogen-bond donors (Lipinski definition) is 0. The van der Waals surface area contributed by atoms with Gasteiger partial charge in [-0.2, -0.15) is 0 Å². The Balaban J connectivity index is 1.47. The molecule has 268 valence electrons. The maximum atomic E-state index is 13.9. The number of aromatic nitrogens is 2. The van der Waals surface area contributed by atoms with E-state index in [9.17, 15) is 4.57 Å². The van der Waals surface area contributed by atoms with Gasteiger partial charge in [0, 0.05) is 42.0 Å². The molecule has 0 N–H and O–H groups in total. The summed E-state index contributed by atoms with van der Waals surface area (Å²) >= 11 is 1.70. The van der Waals surface area contributed by atoms with E-state index in [1.54, 1.807) is 11.3 Å². The first kappa shape index (κ1) is 39.1. The van der Waals surface area contributed by atoms with Crippen LogP contribution in [0.3, 0.4) is 0 Å². The molecule has 0 unspecified atom stereocenters. The molecule has 0 radical (unpaired) electrons. The van der Waals surface area contributed by atoms with Crippen molar-refractivity contribution in [3.8, 4) is 10.6 Å². The molecule has 0 bridgehead atoms. The molecule has 0 amide bonds. The van der Waals surface area contributed by atoms with Crippen LogP contribution in [0.25, 0.3) is 20.8 Å². The predicted molar refractivity (Wildman–Crippen MR) is 203 cm³/mol. The van der Waals surface area contributed by atoms with Crippen molar-refractivity contribution < 1.29 is 27.7 Å². The number of nitrogens with zero attached hydrogens (tertiary/aromatic N) is 3. The van der Waals surface area contributed by atoms with Crippen LogP contribution in [0.2, 0.25) is 0 Å². The van der Waals surface area contributed by atoms with Crippen molar-refractivity contribution in [2.24, 2.45) is 0 Å². The Morgan fingerprint density at radius 2 is 1.24 bits per heavy atom. The molecule has 10 heteroatoms. The Labute approximate surface area is 298 Å². The van der Waals surface area contributed by atoms with E-state index in [-0.39, 0.29) is 11.2 Å². The first-order valence-electron chi connectivity index (χ1n) is 17.1. The van der Waals surface area contributed by atoms with Crippen LogP contribution >= 0.6 is 18.9 Å². The molecule has 8 nitrogen and oxygen atoms in total. The van der Waals surface area contributed by atoms with Gasteiger partial charge in [-0.1, -0.05) is 12.1 Å². The zero-order valence-corrected chi connectivity index (χ0v) is 33.3. The Bertz CT molecular complexity index is 1670. The topological polar surface area (TPSA) is 74.0 Å². The summed E-state index contributed by atoms with van der Waals surface area (Å²) in [6.07, 6.45) is 4.15. The van der Waals surface area contributed by atoms with Gasteiger partial charge in [-0.3, -0.25) is 13.6 Å². The highest BCUT2D eigenvalue weighted by Crippen LogP contribution is 2.53. The van der Waals surface area contributed by atoms with Crippen molar-refractivity contribution in [3.05, 3.63) is 72.6 Å². The smallest absolute Gasteiger partial charge is 0.362 e. The Kier molecular flexibility index (Phi) is 12.2. The van der Waals surface area contributed by atoms with Gasteiger partial charge in [0.1, 0.15) is 5.01 Å². The van der Waals surface area contributed by atoms with E-state index in [0.717, 1.165) is 45.1 Å². The molecular formula is C39H57N3O5PS+. The van der Waals surface area contributed by atoms with E-state index in [0.29, 0.717) is 25.1 Å². The number of ether oxygens (including phenoxy) is 2. The SMILES string of the molecule is CC(C)(C)OCCN(CCOC(C)(C)C)c1ccc2nc(-c3cc[n+](Cc4ccc(P(=O)(OC(C)(C)C)OC(C)(C)C)cc4)cc3)sc2c1. The molecule has 2 aromatic carbocycles. The van der Waals surface area contributed by atoms with Gasteiger partial charge in [0.15, 0.2) is 18.9 Å². The third-order valence-electron chi connectivity index (χ3n) is 7.07. The lowest BCUT2D eigenvalue weighted by molar-refractivity contribution is -0.688. The molecule has 0 saturated carbocycles. The maximum absolute atomic E-state index is 13.9. The first-order valence-corrected chi connectivity index (χ1v) is 19.5. The summed E-state index contributed by atoms with van der Waals surface area (Å²) in [5.41, 5.74) is 2.67. The van der Waals surface area contributed by atoms with Crippen LogP contribution in [-0.4, -0.2) is 53.7 Å². The van der Waals surface area contributed by atoms with Gasteiger partial charge in [0.25, 0.3) is 0 Å². The highest BCUT2D eigenvalue weighted by atomic mass is 32.1. The fourth-order valence-corrected chi connectivity index (χ4v) is 8.28. The van der Waals surface area contributed by atoms with Gasteiger partial charge in [0.2, 0.25) is 0 Å². The number of benzene rings is 2. The summed E-state index contributed by atoms with van der Waals surface area (Å²) in [7, 11) is -3.53. The van der Waals surface area contributed by atoms with E-state index in [4.69, 9.17) is 23.5 Å². The minimum atomic E-state index is -3.53. The Hall–Kier alpha value is -2.65. The van der Waals surface area contributed by atoms with E-state index < -0.39 is 18.8 Å². The minimum absolute atomic E-state index is 0.183. The zero-order valence-electron chi connectivity index (χ0n) is 31.6. The molecule has 2 aromatic heterocycles. The fourth-order valence-electron chi connectivity index (χ4n) is 5.07. The van der Waals surface area contributed by atoms with Crippen LogP contribution in [0.5, 0.6) is 0 Å². The largest absolute Gasteiger partial charge is 0.374 e. The molecule has 0 atom stereocenters. The second-order valence-corrected chi connectivity index (χ2v) is 19.3. The molecule has 0 spiro atoms. The summed E-state index contributed by atoms with van der Waals surface area (Å²) < 4.78 is 41.3. The zero-order chi connectivity index (χ0) is 36.3. The van der Waals surface area contributed by atoms with Crippen LogP contribution in [0.15, 0.2) is 67.0 Å². The predicted octanol–water partition coefficient (Wildman–Crippen LogP) is 9.18. The highest BCUT2D eigenvalue weighted by Gasteiger charge is 2.37. The van der Waals surface area contributed by atoms with E-state index in [2.05, 4.69) is 93.7 Å². The molecule has 0 aliphatic heterocycles. The average molecular weight is 711 g/mol. The highest BCUT2D eigenvalue weighted by molar-refractivity contribution is 7.62. The van der Waals surface area contributed by atoms with Crippen LogP contribution in [-0.2, 0) is 29.6 Å². The van der Waals surface area contributed by atoms with Gasteiger partial charge >= 0.3 is 7.60 Å². The summed E-state index contributed by atoms with van der Waals surface area (Å²) in [5.74, 6) is 0. The van der Waals surface area contributed by atoms with Gasteiger partial charge in [-0.25, -0.2) is 9.55 Å². The van der Waals surface area contributed by atoms with Gasteiger partial charge in [-0.15, -0.1) is 11.3 Å². The van der Waals surface area contributed by atoms with Crippen molar-refractivity contribution in [2.45, 2.75) is 112 Å². The third kappa shape index (κ3) is 12.6. The molecule has 0 saturated heterocycles.